The van der Waals surface area contributed by atoms with E-state index in [0.29, 0.717) is 16.4 Å². The number of H-pyrrole nitrogens is 1. The first kappa shape index (κ1) is 14.2. The lowest BCUT2D eigenvalue weighted by atomic mass is 10.3. The predicted octanol–water partition coefficient (Wildman–Crippen LogP) is 4.82. The number of aromatic nitrogens is 2. The van der Waals surface area contributed by atoms with Crippen LogP contribution in [0, 0.1) is 4.77 Å². The number of nitrogens with one attached hydrogen (secondary N) is 1. The highest BCUT2D eigenvalue weighted by molar-refractivity contribution is 7.71. The number of hydrogen-bond donors (Lipinski definition) is 1. The zero-order valence-electron chi connectivity index (χ0n) is 11.4. The molecule has 1 aromatic heterocycles. The standard InChI is InChI=1S/C16H15ClN2OS/c17-13-8-4-9-14-15(13)18-16(21)19(14)10-5-11-20-12-6-2-1-3-7-12/h1-4,6-9H,5,10-11H2,(H,18,21). The largest absolute Gasteiger partial charge is 0.494 e. The molecule has 0 aliphatic carbocycles. The van der Waals surface area contributed by atoms with Gasteiger partial charge in [-0.25, -0.2) is 0 Å². The quantitative estimate of drug-likeness (QED) is 0.540. The molecule has 0 aliphatic heterocycles. The molecule has 2 aromatic carbocycles. The maximum absolute atomic E-state index is 6.17. The van der Waals surface area contributed by atoms with Crippen molar-refractivity contribution in [3.63, 3.8) is 0 Å². The number of fused-ring (bicyclic) bond motifs is 1. The molecule has 0 bridgehead atoms. The smallest absolute Gasteiger partial charge is 0.178 e. The van der Waals surface area contributed by atoms with Crippen LogP contribution in [0.25, 0.3) is 11.0 Å². The van der Waals surface area contributed by atoms with E-state index in [1.54, 1.807) is 0 Å². The van der Waals surface area contributed by atoms with Crippen LogP contribution in [0.3, 0.4) is 0 Å². The van der Waals surface area contributed by atoms with Crippen molar-refractivity contribution in [2.45, 2.75) is 13.0 Å². The number of benzene rings is 2. The minimum absolute atomic E-state index is 0.652. The monoisotopic (exact) mass is 318 g/mol. The van der Waals surface area contributed by atoms with E-state index < -0.39 is 0 Å². The Bertz CT molecular complexity index is 795. The van der Waals surface area contributed by atoms with Gasteiger partial charge in [-0.05, 0) is 42.9 Å². The molecule has 0 spiro atoms. The number of rotatable bonds is 5. The molecule has 3 nitrogen and oxygen atoms in total. The number of ether oxygens (including phenoxy) is 1. The van der Waals surface area contributed by atoms with Crippen LogP contribution in [0.2, 0.25) is 5.02 Å². The van der Waals surface area contributed by atoms with Crippen LogP contribution in [-0.2, 0) is 6.54 Å². The predicted molar refractivity (Wildman–Crippen MR) is 88.7 cm³/mol. The number of aromatic amines is 1. The van der Waals surface area contributed by atoms with Crippen molar-refractivity contribution in [2.24, 2.45) is 0 Å². The van der Waals surface area contributed by atoms with Gasteiger partial charge in [-0.1, -0.05) is 35.9 Å². The normalized spacial score (nSPS) is 10.9. The number of nitrogens with zero attached hydrogens (tertiary/aromatic N) is 1. The summed E-state index contributed by atoms with van der Waals surface area (Å²) in [6.07, 6.45) is 0.878. The highest BCUT2D eigenvalue weighted by atomic mass is 35.5. The van der Waals surface area contributed by atoms with E-state index in [-0.39, 0.29) is 0 Å². The van der Waals surface area contributed by atoms with Crippen molar-refractivity contribution in [1.82, 2.24) is 9.55 Å². The molecule has 0 aliphatic rings. The minimum Gasteiger partial charge on any atom is -0.494 e. The molecule has 0 unspecified atom stereocenters. The Morgan fingerprint density at radius 3 is 2.71 bits per heavy atom. The van der Waals surface area contributed by atoms with Crippen molar-refractivity contribution in [3.05, 3.63) is 58.3 Å². The average Bonchev–Trinajstić information content (AvgIpc) is 2.82. The number of halogens is 1. The van der Waals surface area contributed by atoms with Gasteiger partial charge in [0.25, 0.3) is 0 Å². The van der Waals surface area contributed by atoms with Crippen molar-refractivity contribution in [3.8, 4) is 5.75 Å². The van der Waals surface area contributed by atoms with Gasteiger partial charge in [-0.2, -0.15) is 0 Å². The lowest BCUT2D eigenvalue weighted by molar-refractivity contribution is 0.302. The second-order valence-corrected chi connectivity index (χ2v) is 5.52. The maximum Gasteiger partial charge on any atom is 0.178 e. The number of hydrogen-bond acceptors (Lipinski definition) is 2. The molecule has 5 heteroatoms. The molecule has 0 saturated heterocycles. The first-order chi connectivity index (χ1) is 10.3. The molecule has 0 atom stereocenters. The summed E-state index contributed by atoms with van der Waals surface area (Å²) >= 11 is 11.5. The van der Waals surface area contributed by atoms with E-state index >= 15 is 0 Å². The zero-order valence-corrected chi connectivity index (χ0v) is 13.0. The van der Waals surface area contributed by atoms with Gasteiger partial charge in [0.2, 0.25) is 0 Å². The second-order valence-electron chi connectivity index (χ2n) is 4.73. The van der Waals surface area contributed by atoms with Crippen molar-refractivity contribution in [1.29, 1.82) is 0 Å². The fourth-order valence-electron chi connectivity index (χ4n) is 2.30. The molecule has 3 rings (SSSR count). The lowest BCUT2D eigenvalue weighted by Crippen LogP contribution is -2.04. The first-order valence-electron chi connectivity index (χ1n) is 6.80. The van der Waals surface area contributed by atoms with E-state index in [2.05, 4.69) is 9.55 Å². The third kappa shape index (κ3) is 3.12. The Hall–Kier alpha value is -1.78. The summed E-state index contributed by atoms with van der Waals surface area (Å²) in [5.74, 6) is 0.892. The Morgan fingerprint density at radius 1 is 1.10 bits per heavy atom. The molecule has 108 valence electrons. The van der Waals surface area contributed by atoms with Crippen molar-refractivity contribution >= 4 is 34.9 Å². The summed E-state index contributed by atoms with van der Waals surface area (Å²) in [7, 11) is 0. The minimum atomic E-state index is 0.652. The van der Waals surface area contributed by atoms with Gasteiger partial charge in [-0.3, -0.25) is 0 Å². The molecule has 0 radical (unpaired) electrons. The molecule has 1 heterocycles. The summed E-state index contributed by atoms with van der Waals surface area (Å²) in [6, 6.07) is 15.6. The molecule has 1 N–H and O–H groups in total. The van der Waals surface area contributed by atoms with Crippen LogP contribution >= 0.6 is 23.8 Å². The molecular formula is C16H15ClN2OS. The summed E-state index contributed by atoms with van der Waals surface area (Å²) in [5, 5.41) is 0.692. The van der Waals surface area contributed by atoms with E-state index in [0.717, 1.165) is 29.7 Å². The van der Waals surface area contributed by atoms with E-state index in [9.17, 15) is 0 Å². The van der Waals surface area contributed by atoms with E-state index in [4.69, 9.17) is 28.6 Å². The van der Waals surface area contributed by atoms with E-state index in [1.165, 1.54) is 0 Å². The summed E-state index contributed by atoms with van der Waals surface area (Å²) in [5.41, 5.74) is 1.93. The Labute approximate surface area is 133 Å². The van der Waals surface area contributed by atoms with Crippen LogP contribution < -0.4 is 4.74 Å². The Kier molecular flexibility index (Phi) is 4.27. The van der Waals surface area contributed by atoms with Gasteiger partial charge < -0.3 is 14.3 Å². The first-order valence-corrected chi connectivity index (χ1v) is 7.59. The van der Waals surface area contributed by atoms with Crippen molar-refractivity contribution in [2.75, 3.05) is 6.61 Å². The van der Waals surface area contributed by atoms with Crippen molar-refractivity contribution < 1.29 is 4.74 Å². The van der Waals surface area contributed by atoms with Gasteiger partial charge in [-0.15, -0.1) is 0 Å². The van der Waals surface area contributed by atoms with Crippen LogP contribution in [0.15, 0.2) is 48.5 Å². The molecular weight excluding hydrogens is 304 g/mol. The molecule has 21 heavy (non-hydrogen) atoms. The third-order valence-corrected chi connectivity index (χ3v) is 3.93. The van der Waals surface area contributed by atoms with Gasteiger partial charge >= 0.3 is 0 Å². The number of para-hydroxylation sites is 2. The summed E-state index contributed by atoms with van der Waals surface area (Å²) in [6.45, 7) is 1.45. The fourth-order valence-corrected chi connectivity index (χ4v) is 2.81. The van der Waals surface area contributed by atoms with Crippen LogP contribution in [0.5, 0.6) is 5.75 Å². The molecule has 0 amide bonds. The summed E-state index contributed by atoms with van der Waals surface area (Å²) < 4.78 is 8.45. The number of imidazole rings is 1. The zero-order chi connectivity index (χ0) is 14.7. The number of aryl methyl sites for hydroxylation is 1. The SMILES string of the molecule is S=c1[nH]c2c(Cl)cccc2n1CCCOc1ccccc1. The van der Waals surface area contributed by atoms with Gasteiger partial charge in [0.15, 0.2) is 4.77 Å². The van der Waals surface area contributed by atoms with Gasteiger partial charge in [0, 0.05) is 6.54 Å². The fraction of sp³-hybridized carbons (Fsp3) is 0.188. The third-order valence-electron chi connectivity index (χ3n) is 3.30. The lowest BCUT2D eigenvalue weighted by Gasteiger charge is -2.07. The molecule has 3 aromatic rings. The highest BCUT2D eigenvalue weighted by Gasteiger charge is 2.06. The highest BCUT2D eigenvalue weighted by Crippen LogP contribution is 2.22. The van der Waals surface area contributed by atoms with Gasteiger partial charge in [0.05, 0.1) is 22.7 Å². The topological polar surface area (TPSA) is 29.9 Å². The Balaban J connectivity index is 1.67. The average molecular weight is 319 g/mol. The molecule has 0 saturated carbocycles. The Morgan fingerprint density at radius 2 is 1.90 bits per heavy atom. The second kappa shape index (κ2) is 6.33. The van der Waals surface area contributed by atoms with Crippen LogP contribution in [-0.4, -0.2) is 16.2 Å². The summed E-state index contributed by atoms with van der Waals surface area (Å²) in [4.78, 5) is 3.16. The molecule has 0 fully saturated rings. The van der Waals surface area contributed by atoms with E-state index in [1.807, 2.05) is 48.5 Å². The van der Waals surface area contributed by atoms with Gasteiger partial charge in [0.1, 0.15) is 5.75 Å². The van der Waals surface area contributed by atoms with Crippen LogP contribution in [0.4, 0.5) is 0 Å². The maximum atomic E-state index is 6.17. The van der Waals surface area contributed by atoms with Crippen LogP contribution in [0.1, 0.15) is 6.42 Å².